The molecule has 2 aliphatic heterocycles. The number of halogens is 2. The number of anilines is 1. The van der Waals surface area contributed by atoms with E-state index in [0.29, 0.717) is 15.7 Å². The van der Waals surface area contributed by atoms with Gasteiger partial charge < -0.3 is 30.7 Å². The molecular formula is C38H49Cl2N5O6S2. The number of carbonyl (C=O) groups excluding carboxylic acids is 4. The molecule has 1 fully saturated rings. The standard InChI is InChI=1S/C38H49Cl2N5O6S2/c1-23(34(48)50-36(2,3)4)32(43-35(49)51-37(5,6)7)33(47)42-27-11-9-10-25(19-27)30-21-52-38(8,44-30)53-22-31(46)41-26-14-16-45(17-15-26)20-24-12-13-28(39)29(40)18-24/h9-13,18-19,21,26,32,44H,1,14-17,20,22H2,2-8H3,(H,41,46)(H,42,47)(H,43,49)/t32-,38?/m0/s1. The zero-order valence-corrected chi connectivity index (χ0v) is 34.3. The molecule has 288 valence electrons. The lowest BCUT2D eigenvalue weighted by molar-refractivity contribution is -0.150. The number of alkyl carbamates (subject to hydrolysis) is 1. The second-order valence-electron chi connectivity index (χ2n) is 15.1. The number of thioether (sulfide) groups is 2. The van der Waals surface area contributed by atoms with Gasteiger partial charge in [-0.25, -0.2) is 9.59 Å². The van der Waals surface area contributed by atoms with Crippen molar-refractivity contribution < 1.29 is 28.7 Å². The average molecular weight is 807 g/mol. The minimum atomic E-state index is -1.46. The third-order valence-electron chi connectivity index (χ3n) is 7.96. The minimum absolute atomic E-state index is 0.0118. The normalized spacial score (nSPS) is 18.6. The van der Waals surface area contributed by atoms with Gasteiger partial charge in [-0.3, -0.25) is 14.5 Å². The van der Waals surface area contributed by atoms with E-state index < -0.39 is 39.4 Å². The van der Waals surface area contributed by atoms with E-state index >= 15 is 0 Å². The maximum Gasteiger partial charge on any atom is 0.408 e. The van der Waals surface area contributed by atoms with E-state index in [1.165, 1.54) is 11.8 Å². The van der Waals surface area contributed by atoms with Crippen LogP contribution in [0, 0.1) is 0 Å². The van der Waals surface area contributed by atoms with Crippen molar-refractivity contribution >= 4 is 82.0 Å². The van der Waals surface area contributed by atoms with Crippen LogP contribution in [0.1, 0.15) is 72.4 Å². The highest BCUT2D eigenvalue weighted by Crippen LogP contribution is 2.43. The van der Waals surface area contributed by atoms with Gasteiger partial charge in [-0.15, -0.1) is 11.8 Å². The first-order chi connectivity index (χ1) is 24.7. The molecule has 2 aromatic carbocycles. The molecule has 4 rings (SSSR count). The Hall–Kier alpha value is -3.36. The number of nitrogens with one attached hydrogen (secondary N) is 4. The second kappa shape index (κ2) is 17.9. The molecule has 0 bridgehead atoms. The van der Waals surface area contributed by atoms with Crippen LogP contribution in [0.15, 0.2) is 60.0 Å². The van der Waals surface area contributed by atoms with Gasteiger partial charge in [-0.05, 0) is 96.5 Å². The highest BCUT2D eigenvalue weighted by molar-refractivity contribution is 8.20. The van der Waals surface area contributed by atoms with Crippen molar-refractivity contribution in [3.05, 3.63) is 81.2 Å². The number of piperidine rings is 1. The van der Waals surface area contributed by atoms with Crippen LogP contribution >= 0.6 is 46.7 Å². The number of rotatable bonds is 12. The van der Waals surface area contributed by atoms with Crippen LogP contribution in [-0.2, 0) is 30.4 Å². The van der Waals surface area contributed by atoms with Gasteiger partial charge in [0.05, 0.1) is 21.4 Å². The fourth-order valence-corrected chi connectivity index (χ4v) is 7.76. The third-order valence-corrected chi connectivity index (χ3v) is 11.3. The first-order valence-electron chi connectivity index (χ1n) is 17.3. The van der Waals surface area contributed by atoms with Gasteiger partial charge in [-0.1, -0.05) is 59.7 Å². The van der Waals surface area contributed by atoms with Crippen LogP contribution in [0.4, 0.5) is 10.5 Å². The van der Waals surface area contributed by atoms with E-state index in [-0.39, 0.29) is 23.3 Å². The van der Waals surface area contributed by atoms with E-state index in [0.717, 1.165) is 49.3 Å². The lowest BCUT2D eigenvalue weighted by Gasteiger charge is -2.32. The summed E-state index contributed by atoms with van der Waals surface area (Å²) in [5.74, 6) is -1.26. The van der Waals surface area contributed by atoms with Crippen molar-refractivity contribution in [3.63, 3.8) is 0 Å². The van der Waals surface area contributed by atoms with Gasteiger partial charge in [0.25, 0.3) is 5.91 Å². The molecule has 1 unspecified atom stereocenters. The summed E-state index contributed by atoms with van der Waals surface area (Å²) in [6.45, 7) is 18.4. The van der Waals surface area contributed by atoms with Gasteiger partial charge in [0, 0.05) is 42.6 Å². The Labute approximate surface area is 330 Å². The number of carbonyl (C=O) groups is 4. The lowest BCUT2D eigenvalue weighted by atomic mass is 10.0. The maximum atomic E-state index is 13.5. The first-order valence-corrected chi connectivity index (χ1v) is 19.9. The van der Waals surface area contributed by atoms with E-state index in [1.54, 1.807) is 71.5 Å². The van der Waals surface area contributed by atoms with Crippen molar-refractivity contribution in [2.45, 2.75) is 95.3 Å². The maximum absolute atomic E-state index is 13.5. The Morgan fingerprint density at radius 2 is 1.70 bits per heavy atom. The molecule has 2 atom stereocenters. The Morgan fingerprint density at radius 1 is 1.02 bits per heavy atom. The minimum Gasteiger partial charge on any atom is -0.457 e. The number of ether oxygens (including phenoxy) is 2. The van der Waals surface area contributed by atoms with Crippen LogP contribution in [0.2, 0.25) is 10.0 Å². The summed E-state index contributed by atoms with van der Waals surface area (Å²) in [4.78, 5) is 54.3. The number of esters is 1. The lowest BCUT2D eigenvalue weighted by Crippen LogP contribution is -2.48. The molecular weight excluding hydrogens is 757 g/mol. The second-order valence-corrected chi connectivity index (χ2v) is 18.8. The van der Waals surface area contributed by atoms with Crippen molar-refractivity contribution in [2.24, 2.45) is 0 Å². The number of nitrogens with zero attached hydrogens (tertiary/aromatic N) is 1. The summed E-state index contributed by atoms with van der Waals surface area (Å²) < 4.78 is 10.2. The highest BCUT2D eigenvalue weighted by atomic mass is 35.5. The molecule has 2 aliphatic rings. The van der Waals surface area contributed by atoms with E-state index in [4.69, 9.17) is 32.7 Å². The molecule has 3 amide bonds. The molecule has 0 spiro atoms. The fourth-order valence-electron chi connectivity index (χ4n) is 5.47. The predicted octanol–water partition coefficient (Wildman–Crippen LogP) is 7.55. The Balaban J connectivity index is 1.29. The van der Waals surface area contributed by atoms with E-state index in [2.05, 4.69) is 32.7 Å². The zero-order valence-electron chi connectivity index (χ0n) is 31.2. The van der Waals surface area contributed by atoms with Crippen molar-refractivity contribution in [1.29, 1.82) is 0 Å². The molecule has 0 aliphatic carbocycles. The third kappa shape index (κ3) is 13.5. The van der Waals surface area contributed by atoms with Gasteiger partial charge in [-0.2, -0.15) is 0 Å². The number of benzene rings is 2. The topological polar surface area (TPSA) is 138 Å². The number of hydrogen-bond acceptors (Lipinski definition) is 10. The summed E-state index contributed by atoms with van der Waals surface area (Å²) >= 11 is 15.3. The molecule has 0 saturated carbocycles. The van der Waals surface area contributed by atoms with Crippen molar-refractivity contribution in [1.82, 2.24) is 20.9 Å². The van der Waals surface area contributed by atoms with Crippen LogP contribution in [0.5, 0.6) is 0 Å². The Bertz CT molecular complexity index is 1740. The SMILES string of the molecule is C=C(C(=O)OC(C)(C)C)[C@H](NC(=O)OC(C)(C)C)C(=O)Nc1cccc(C2=CSC(C)(SCC(=O)NC3CCN(Cc4ccc(Cl)c(Cl)c4)CC3)N2)c1. The van der Waals surface area contributed by atoms with E-state index in [1.807, 2.05) is 36.6 Å². The average Bonchev–Trinajstić information content (AvgIpc) is 3.45. The van der Waals surface area contributed by atoms with Crippen LogP contribution in [0.3, 0.4) is 0 Å². The molecule has 53 heavy (non-hydrogen) atoms. The van der Waals surface area contributed by atoms with Crippen molar-refractivity contribution in [3.8, 4) is 0 Å². The number of hydrogen-bond donors (Lipinski definition) is 4. The quantitative estimate of drug-likeness (QED) is 0.126. The summed E-state index contributed by atoms with van der Waals surface area (Å²) in [6.07, 6.45) is 0.849. The fraction of sp³-hybridized carbons (Fsp3) is 0.474. The van der Waals surface area contributed by atoms with E-state index in [9.17, 15) is 19.2 Å². The van der Waals surface area contributed by atoms with Gasteiger partial charge in [0.1, 0.15) is 21.4 Å². The molecule has 15 heteroatoms. The molecule has 11 nitrogen and oxygen atoms in total. The largest absolute Gasteiger partial charge is 0.457 e. The summed E-state index contributed by atoms with van der Waals surface area (Å²) in [5.41, 5.74) is 1.22. The Kier molecular flexibility index (Phi) is 14.3. The van der Waals surface area contributed by atoms with Gasteiger partial charge in [0.15, 0.2) is 0 Å². The predicted molar refractivity (Wildman–Crippen MR) is 216 cm³/mol. The summed E-state index contributed by atoms with van der Waals surface area (Å²) in [6, 6.07) is 11.5. The molecule has 1 saturated heterocycles. The van der Waals surface area contributed by atoms with Crippen LogP contribution in [-0.4, -0.2) is 75.1 Å². The van der Waals surface area contributed by atoms with Gasteiger partial charge in [0.2, 0.25) is 5.91 Å². The van der Waals surface area contributed by atoms with Gasteiger partial charge >= 0.3 is 12.1 Å². The molecule has 2 aromatic rings. The smallest absolute Gasteiger partial charge is 0.408 e. The van der Waals surface area contributed by atoms with Crippen LogP contribution in [0.25, 0.3) is 5.70 Å². The summed E-state index contributed by atoms with van der Waals surface area (Å²) in [5, 5.41) is 15.0. The number of amides is 3. The molecule has 4 N–H and O–H groups in total. The first kappa shape index (κ1) is 42.4. The Morgan fingerprint density at radius 3 is 2.34 bits per heavy atom. The number of likely N-dealkylation sites (tertiary alicyclic amines) is 1. The molecule has 2 heterocycles. The summed E-state index contributed by atoms with van der Waals surface area (Å²) in [7, 11) is 0. The van der Waals surface area contributed by atoms with Crippen molar-refractivity contribution in [2.75, 3.05) is 24.2 Å². The van der Waals surface area contributed by atoms with Crippen LogP contribution < -0.4 is 21.3 Å². The molecule has 0 radical (unpaired) electrons. The highest BCUT2D eigenvalue weighted by Gasteiger charge is 2.34. The monoisotopic (exact) mass is 805 g/mol. The molecule has 0 aromatic heterocycles. The zero-order chi connectivity index (χ0) is 39.1.